The van der Waals surface area contributed by atoms with Crippen molar-refractivity contribution >= 4 is 27.3 Å². The molecule has 0 spiro atoms. The third-order valence-corrected chi connectivity index (χ3v) is 4.64. The van der Waals surface area contributed by atoms with E-state index in [0.717, 1.165) is 17.0 Å². The molecule has 0 amide bonds. The van der Waals surface area contributed by atoms with Crippen molar-refractivity contribution in [2.24, 2.45) is 0 Å². The molecule has 0 atom stereocenters. The number of nitrogens with zero attached hydrogens (tertiary/aromatic N) is 2. The Balaban J connectivity index is 2.40. The van der Waals surface area contributed by atoms with E-state index in [9.17, 15) is 18.5 Å². The lowest BCUT2D eigenvalue weighted by Crippen LogP contribution is -2.35. The number of hydrogen-bond acceptors (Lipinski definition) is 5. The summed E-state index contributed by atoms with van der Waals surface area (Å²) in [6, 6.07) is 3.36. The second kappa shape index (κ2) is 5.41. The molecule has 104 valence electrons. The van der Waals surface area contributed by atoms with Gasteiger partial charge in [-0.05, 0) is 25.0 Å². The first-order valence-electron chi connectivity index (χ1n) is 5.52. The molecule has 0 unspecified atom stereocenters. The van der Waals surface area contributed by atoms with Crippen LogP contribution in [0.4, 0.5) is 5.69 Å². The van der Waals surface area contributed by atoms with Crippen molar-refractivity contribution in [3.05, 3.63) is 33.3 Å². The monoisotopic (exact) mass is 306 g/mol. The molecule has 0 aliphatic carbocycles. The zero-order valence-corrected chi connectivity index (χ0v) is 11.4. The summed E-state index contributed by atoms with van der Waals surface area (Å²) < 4.78 is 25.3. The average molecular weight is 307 g/mol. The molecule has 1 fully saturated rings. The van der Waals surface area contributed by atoms with Gasteiger partial charge in [0.15, 0.2) is 0 Å². The summed E-state index contributed by atoms with van der Waals surface area (Å²) in [6.45, 7) is 0.549. The molecule has 1 aliphatic heterocycles. The van der Waals surface area contributed by atoms with Gasteiger partial charge in [0, 0.05) is 12.6 Å². The molecule has 1 aromatic rings. The number of hydrogen-bond donors (Lipinski definition) is 0. The highest BCUT2D eigenvalue weighted by Crippen LogP contribution is 2.29. The lowest BCUT2D eigenvalue weighted by molar-refractivity contribution is -0.384. The molecule has 2 rings (SSSR count). The van der Waals surface area contributed by atoms with Crippen LogP contribution < -0.4 is 0 Å². The Bertz CT molecular complexity index is 598. The average Bonchev–Trinajstić information content (AvgIpc) is 2.39. The molecular formula is C10H11ClN2O5S. The number of sulfonamides is 1. The minimum Gasteiger partial charge on any atom is -0.284 e. The number of halogens is 1. The van der Waals surface area contributed by atoms with Gasteiger partial charge in [0.25, 0.3) is 15.7 Å². The fourth-order valence-corrected chi connectivity index (χ4v) is 3.18. The van der Waals surface area contributed by atoms with Gasteiger partial charge in [0.2, 0.25) is 0 Å². The topological polar surface area (TPSA) is 89.8 Å². The normalized spacial score (nSPS) is 17.3. The van der Waals surface area contributed by atoms with Gasteiger partial charge in [0.1, 0.15) is 5.02 Å². The van der Waals surface area contributed by atoms with Crippen LogP contribution in [0.15, 0.2) is 23.1 Å². The standard InChI is InChI=1S/C10H11ClN2O5S/c11-9-4-3-8(7-10(9)13(14)15)19(16,17)12-5-1-2-6-18-12/h3-4,7H,1-2,5-6H2. The Hall–Kier alpha value is -1.22. The summed E-state index contributed by atoms with van der Waals surface area (Å²) in [5.74, 6) is 0. The van der Waals surface area contributed by atoms with E-state index in [4.69, 9.17) is 16.4 Å². The molecule has 0 aromatic heterocycles. The second-order valence-electron chi connectivity index (χ2n) is 3.94. The molecule has 19 heavy (non-hydrogen) atoms. The van der Waals surface area contributed by atoms with E-state index in [2.05, 4.69) is 0 Å². The first-order valence-corrected chi connectivity index (χ1v) is 7.34. The zero-order valence-electron chi connectivity index (χ0n) is 9.78. The van der Waals surface area contributed by atoms with E-state index < -0.39 is 20.6 Å². The highest BCUT2D eigenvalue weighted by atomic mass is 35.5. The van der Waals surface area contributed by atoms with Gasteiger partial charge in [-0.1, -0.05) is 16.1 Å². The van der Waals surface area contributed by atoms with Crippen molar-refractivity contribution in [1.29, 1.82) is 0 Å². The molecule has 9 heteroatoms. The van der Waals surface area contributed by atoms with Gasteiger partial charge in [-0.3, -0.25) is 15.0 Å². The minimum atomic E-state index is -3.89. The lowest BCUT2D eigenvalue weighted by atomic mass is 10.3. The predicted molar refractivity (Wildman–Crippen MR) is 67.2 cm³/mol. The summed E-state index contributed by atoms with van der Waals surface area (Å²) in [4.78, 5) is 14.9. The van der Waals surface area contributed by atoms with Crippen molar-refractivity contribution in [1.82, 2.24) is 4.47 Å². The highest BCUT2D eigenvalue weighted by Gasteiger charge is 2.29. The maximum Gasteiger partial charge on any atom is 0.289 e. The summed E-state index contributed by atoms with van der Waals surface area (Å²) in [7, 11) is -3.89. The van der Waals surface area contributed by atoms with Crippen LogP contribution in [0, 0.1) is 10.1 Å². The van der Waals surface area contributed by atoms with E-state index in [-0.39, 0.29) is 16.5 Å². The SMILES string of the molecule is O=[N+]([O-])c1cc(S(=O)(=O)N2CCCCO2)ccc1Cl. The van der Waals surface area contributed by atoms with Crippen LogP contribution in [-0.2, 0) is 14.9 Å². The molecule has 1 saturated heterocycles. The third kappa shape index (κ3) is 2.86. The first-order chi connectivity index (χ1) is 8.93. The molecule has 1 aromatic carbocycles. The molecule has 0 saturated carbocycles. The Morgan fingerprint density at radius 1 is 1.37 bits per heavy atom. The number of hydroxylamine groups is 1. The van der Waals surface area contributed by atoms with E-state index in [0.29, 0.717) is 13.0 Å². The quantitative estimate of drug-likeness (QED) is 0.629. The number of benzene rings is 1. The number of nitro benzene ring substituents is 1. The summed E-state index contributed by atoms with van der Waals surface area (Å²) >= 11 is 5.65. The fourth-order valence-electron chi connectivity index (χ4n) is 1.67. The van der Waals surface area contributed by atoms with Crippen molar-refractivity contribution in [2.45, 2.75) is 17.7 Å². The fraction of sp³-hybridized carbons (Fsp3) is 0.400. The summed E-state index contributed by atoms with van der Waals surface area (Å²) in [6.07, 6.45) is 1.47. The lowest BCUT2D eigenvalue weighted by Gasteiger charge is -2.25. The molecule has 7 nitrogen and oxygen atoms in total. The van der Waals surface area contributed by atoms with Gasteiger partial charge in [-0.15, -0.1) is 0 Å². The largest absolute Gasteiger partial charge is 0.289 e. The molecule has 0 radical (unpaired) electrons. The van der Waals surface area contributed by atoms with E-state index in [1.807, 2.05) is 0 Å². The predicted octanol–water partition coefficient (Wildman–Crippen LogP) is 1.96. The van der Waals surface area contributed by atoms with Crippen molar-refractivity contribution in [3.63, 3.8) is 0 Å². The molecule has 1 heterocycles. The van der Waals surface area contributed by atoms with E-state index >= 15 is 0 Å². The second-order valence-corrected chi connectivity index (χ2v) is 6.18. The van der Waals surface area contributed by atoms with Crippen LogP contribution in [-0.4, -0.2) is 31.0 Å². The maximum absolute atomic E-state index is 12.2. The van der Waals surface area contributed by atoms with Crippen LogP contribution in [0.5, 0.6) is 0 Å². The van der Waals surface area contributed by atoms with Crippen LogP contribution in [0.3, 0.4) is 0 Å². The van der Waals surface area contributed by atoms with Gasteiger partial charge < -0.3 is 0 Å². The Kier molecular flexibility index (Phi) is 4.04. The van der Waals surface area contributed by atoms with Crippen LogP contribution >= 0.6 is 11.6 Å². The Morgan fingerprint density at radius 3 is 2.68 bits per heavy atom. The van der Waals surface area contributed by atoms with E-state index in [1.165, 1.54) is 12.1 Å². The van der Waals surface area contributed by atoms with Crippen LogP contribution in [0.2, 0.25) is 5.02 Å². The zero-order chi connectivity index (χ0) is 14.0. The Labute approximate surface area is 114 Å². The Morgan fingerprint density at radius 2 is 2.11 bits per heavy atom. The molecular weight excluding hydrogens is 296 g/mol. The van der Waals surface area contributed by atoms with Crippen LogP contribution in [0.1, 0.15) is 12.8 Å². The number of nitro groups is 1. The summed E-state index contributed by atoms with van der Waals surface area (Å²) in [5.41, 5.74) is -0.445. The molecule has 0 bridgehead atoms. The third-order valence-electron chi connectivity index (χ3n) is 2.65. The molecule has 0 N–H and O–H groups in total. The first kappa shape index (κ1) is 14.2. The van der Waals surface area contributed by atoms with Gasteiger partial charge in [-0.25, -0.2) is 8.42 Å². The smallest absolute Gasteiger partial charge is 0.284 e. The van der Waals surface area contributed by atoms with Gasteiger partial charge in [0.05, 0.1) is 16.4 Å². The van der Waals surface area contributed by atoms with Crippen molar-refractivity contribution in [2.75, 3.05) is 13.2 Å². The van der Waals surface area contributed by atoms with Crippen LogP contribution in [0.25, 0.3) is 0 Å². The molecule has 1 aliphatic rings. The number of rotatable bonds is 3. The summed E-state index contributed by atoms with van der Waals surface area (Å²) in [5, 5.41) is 10.7. The minimum absolute atomic E-state index is 0.108. The maximum atomic E-state index is 12.2. The van der Waals surface area contributed by atoms with Gasteiger partial charge in [-0.2, -0.15) is 0 Å². The van der Waals surface area contributed by atoms with E-state index in [1.54, 1.807) is 0 Å². The van der Waals surface area contributed by atoms with Gasteiger partial charge >= 0.3 is 0 Å². The van der Waals surface area contributed by atoms with Crippen molar-refractivity contribution in [3.8, 4) is 0 Å². The highest BCUT2D eigenvalue weighted by molar-refractivity contribution is 7.89. The van der Waals surface area contributed by atoms with Crippen molar-refractivity contribution < 1.29 is 18.2 Å².